The first-order valence-electron chi connectivity index (χ1n) is 8.90. The van der Waals surface area contributed by atoms with Crippen molar-refractivity contribution in [2.75, 3.05) is 7.05 Å². The predicted octanol–water partition coefficient (Wildman–Crippen LogP) is 4.95. The Bertz CT molecular complexity index is 1190. The van der Waals surface area contributed by atoms with Crippen LogP contribution in [-0.4, -0.2) is 39.1 Å². The average Bonchev–Trinajstić information content (AvgIpc) is 3.34. The summed E-state index contributed by atoms with van der Waals surface area (Å²) in [4.78, 5) is 23.1. The Balaban J connectivity index is 0.00000117. The highest BCUT2D eigenvalue weighted by Crippen LogP contribution is 2.37. The highest BCUT2D eigenvalue weighted by Gasteiger charge is 2.18. The lowest BCUT2D eigenvalue weighted by Crippen LogP contribution is -2.02. The Morgan fingerprint density at radius 2 is 2.00 bits per heavy atom. The summed E-state index contributed by atoms with van der Waals surface area (Å²) >= 11 is 1.62. The molecule has 4 aromatic rings. The monoisotopic (exact) mass is 402 g/mol. The predicted molar refractivity (Wildman–Crippen MR) is 123 cm³/mol. The molecule has 4 aromatic heterocycles. The molecule has 0 spiro atoms. The molecular formula is C22H22N6S. The Kier molecular flexibility index (Phi) is 6.09. The summed E-state index contributed by atoms with van der Waals surface area (Å²) < 4.78 is 2.07. The summed E-state index contributed by atoms with van der Waals surface area (Å²) in [5.74, 6) is 0.522. The zero-order chi connectivity index (χ0) is 21.0. The number of nitrogens with zero attached hydrogens (tertiary/aromatic N) is 6. The van der Waals surface area contributed by atoms with Gasteiger partial charge in [-0.15, -0.1) is 24.5 Å². The standard InChI is InChI=1S/C20H18N6S.C2H4/c1-12-18(27-20(24-12)13-6-5-8-23-11-13)17-14-7-9-26(4)16(14)10-15(25-17)19(21-2)22-3;1-2/h5-11H,2H2,1,3-4H3;1-2H2. The van der Waals surface area contributed by atoms with Crippen LogP contribution >= 0.6 is 11.3 Å². The van der Waals surface area contributed by atoms with E-state index in [1.54, 1.807) is 24.6 Å². The smallest absolute Gasteiger partial charge is 0.172 e. The lowest BCUT2D eigenvalue weighted by Gasteiger charge is -2.07. The van der Waals surface area contributed by atoms with E-state index in [9.17, 15) is 0 Å². The van der Waals surface area contributed by atoms with Crippen LogP contribution in [0.2, 0.25) is 0 Å². The first-order chi connectivity index (χ1) is 14.1. The maximum atomic E-state index is 4.87. The maximum absolute atomic E-state index is 4.87. The molecule has 146 valence electrons. The van der Waals surface area contributed by atoms with E-state index in [2.05, 4.69) is 45.5 Å². The van der Waals surface area contributed by atoms with Crippen molar-refractivity contribution < 1.29 is 0 Å². The summed E-state index contributed by atoms with van der Waals surface area (Å²) in [6.07, 6.45) is 5.62. The molecule has 6 nitrogen and oxygen atoms in total. The van der Waals surface area contributed by atoms with Crippen molar-refractivity contribution in [3.8, 4) is 21.1 Å². The Morgan fingerprint density at radius 1 is 1.21 bits per heavy atom. The molecular weight excluding hydrogens is 380 g/mol. The topological polar surface area (TPSA) is 68.3 Å². The molecule has 0 aliphatic carbocycles. The van der Waals surface area contributed by atoms with Gasteiger partial charge in [-0.2, -0.15) is 0 Å². The molecule has 0 aliphatic heterocycles. The number of aliphatic imine (C=N–C) groups is 2. The number of fused-ring (bicyclic) bond motifs is 1. The van der Waals surface area contributed by atoms with Gasteiger partial charge in [-0.05, 0) is 37.9 Å². The first kappa shape index (κ1) is 20.3. The van der Waals surface area contributed by atoms with Gasteiger partial charge in [0.25, 0.3) is 0 Å². The SMILES string of the molecule is C=C.C=NC(=NC)c1cc2c(ccn2C)c(-c2sc(-c3cccnc3)nc2C)n1. The van der Waals surface area contributed by atoms with Crippen LogP contribution in [-0.2, 0) is 7.05 Å². The molecule has 0 saturated carbocycles. The van der Waals surface area contributed by atoms with Crippen LogP contribution < -0.4 is 0 Å². The summed E-state index contributed by atoms with van der Waals surface area (Å²) in [6, 6.07) is 8.00. The number of aromatic nitrogens is 4. The molecule has 0 N–H and O–H groups in total. The van der Waals surface area contributed by atoms with E-state index in [0.29, 0.717) is 11.5 Å². The van der Waals surface area contributed by atoms with Crippen molar-refractivity contribution in [2.24, 2.45) is 17.0 Å². The van der Waals surface area contributed by atoms with E-state index >= 15 is 0 Å². The fourth-order valence-electron chi connectivity index (χ4n) is 3.05. The lowest BCUT2D eigenvalue weighted by atomic mass is 10.1. The fraction of sp³-hybridized carbons (Fsp3) is 0.136. The quantitative estimate of drug-likeness (QED) is 0.277. The molecule has 0 radical (unpaired) electrons. The number of aryl methyl sites for hydroxylation is 2. The number of amidine groups is 1. The van der Waals surface area contributed by atoms with E-state index in [1.807, 2.05) is 44.6 Å². The second kappa shape index (κ2) is 8.70. The zero-order valence-electron chi connectivity index (χ0n) is 16.8. The van der Waals surface area contributed by atoms with E-state index in [1.165, 1.54) is 0 Å². The van der Waals surface area contributed by atoms with Gasteiger partial charge in [0, 0.05) is 43.6 Å². The molecule has 0 unspecified atom stereocenters. The van der Waals surface area contributed by atoms with Crippen LogP contribution in [0, 0.1) is 6.92 Å². The van der Waals surface area contributed by atoms with Crippen molar-refractivity contribution in [3.63, 3.8) is 0 Å². The number of hydrogen-bond donors (Lipinski definition) is 0. The molecule has 0 saturated heterocycles. The van der Waals surface area contributed by atoms with Gasteiger partial charge in [-0.1, -0.05) is 0 Å². The van der Waals surface area contributed by atoms with Crippen molar-refractivity contribution in [3.05, 3.63) is 67.4 Å². The van der Waals surface area contributed by atoms with E-state index in [-0.39, 0.29) is 0 Å². The molecule has 4 heterocycles. The van der Waals surface area contributed by atoms with Crippen LogP contribution in [0.5, 0.6) is 0 Å². The summed E-state index contributed by atoms with van der Waals surface area (Å²) in [7, 11) is 3.71. The molecule has 0 atom stereocenters. The molecule has 29 heavy (non-hydrogen) atoms. The first-order valence-corrected chi connectivity index (χ1v) is 9.72. The molecule has 0 aromatic carbocycles. The van der Waals surface area contributed by atoms with Gasteiger partial charge in [0.1, 0.15) is 10.7 Å². The minimum absolute atomic E-state index is 0.522. The Morgan fingerprint density at radius 3 is 2.66 bits per heavy atom. The van der Waals surface area contributed by atoms with Crippen molar-refractivity contribution in [1.82, 2.24) is 19.5 Å². The number of pyridine rings is 2. The third-order valence-electron chi connectivity index (χ3n) is 4.39. The minimum Gasteiger partial charge on any atom is -0.350 e. The highest BCUT2D eigenvalue weighted by molar-refractivity contribution is 7.18. The molecule has 7 heteroatoms. The molecule has 0 fully saturated rings. The average molecular weight is 403 g/mol. The fourth-order valence-corrected chi connectivity index (χ4v) is 4.11. The van der Waals surface area contributed by atoms with Gasteiger partial charge in [0.05, 0.1) is 21.8 Å². The second-order valence-corrected chi connectivity index (χ2v) is 7.10. The summed E-state index contributed by atoms with van der Waals surface area (Å²) in [5, 5.41) is 2.00. The zero-order valence-corrected chi connectivity index (χ0v) is 17.6. The van der Waals surface area contributed by atoms with Crippen LogP contribution in [0.1, 0.15) is 11.4 Å². The van der Waals surface area contributed by atoms with Crippen LogP contribution in [0.4, 0.5) is 0 Å². The van der Waals surface area contributed by atoms with Crippen LogP contribution in [0.15, 0.2) is 66.0 Å². The van der Waals surface area contributed by atoms with Crippen molar-refractivity contribution in [2.45, 2.75) is 6.92 Å². The lowest BCUT2D eigenvalue weighted by molar-refractivity contribution is 0.968. The number of thiazole rings is 1. The Labute approximate surface area is 174 Å². The molecule has 0 amide bonds. The minimum atomic E-state index is 0.522. The second-order valence-electron chi connectivity index (χ2n) is 6.10. The summed E-state index contributed by atoms with van der Waals surface area (Å²) in [5.41, 5.74) is 4.59. The van der Waals surface area contributed by atoms with Crippen LogP contribution in [0.3, 0.4) is 0 Å². The van der Waals surface area contributed by atoms with Gasteiger partial charge in [0.2, 0.25) is 0 Å². The van der Waals surface area contributed by atoms with Crippen LogP contribution in [0.25, 0.3) is 32.0 Å². The van der Waals surface area contributed by atoms with E-state index < -0.39 is 0 Å². The normalized spacial score (nSPS) is 11.2. The highest BCUT2D eigenvalue weighted by atomic mass is 32.1. The van der Waals surface area contributed by atoms with E-state index in [4.69, 9.17) is 9.97 Å². The molecule has 0 aliphatic rings. The third kappa shape index (κ3) is 3.77. The van der Waals surface area contributed by atoms with Crippen molar-refractivity contribution in [1.29, 1.82) is 0 Å². The van der Waals surface area contributed by atoms with E-state index in [0.717, 1.165) is 37.7 Å². The van der Waals surface area contributed by atoms with Crippen molar-refractivity contribution >= 4 is 34.8 Å². The number of hydrogen-bond acceptors (Lipinski definition) is 5. The molecule has 0 bridgehead atoms. The Hall–Kier alpha value is -3.45. The molecule has 4 rings (SSSR count). The largest absolute Gasteiger partial charge is 0.350 e. The van der Waals surface area contributed by atoms with Gasteiger partial charge in [-0.3, -0.25) is 9.98 Å². The third-order valence-corrected chi connectivity index (χ3v) is 5.61. The number of rotatable bonds is 3. The van der Waals surface area contributed by atoms with Gasteiger partial charge in [0.15, 0.2) is 5.84 Å². The maximum Gasteiger partial charge on any atom is 0.172 e. The van der Waals surface area contributed by atoms with Gasteiger partial charge in [-0.25, -0.2) is 15.0 Å². The van der Waals surface area contributed by atoms with Gasteiger partial charge >= 0.3 is 0 Å². The van der Waals surface area contributed by atoms with Gasteiger partial charge < -0.3 is 4.57 Å². The summed E-state index contributed by atoms with van der Waals surface area (Å²) in [6.45, 7) is 11.6.